The highest BCUT2D eigenvalue weighted by Gasteiger charge is 2.55. The van der Waals surface area contributed by atoms with Crippen LogP contribution in [0.3, 0.4) is 0 Å². The first kappa shape index (κ1) is 20.9. The third-order valence-corrected chi connectivity index (χ3v) is 4.77. The van der Waals surface area contributed by atoms with E-state index in [1.54, 1.807) is 24.3 Å². The number of rotatable bonds is 5. The quantitative estimate of drug-likeness (QED) is 0.633. The SMILES string of the molecule is Cc1onc(-c2ccccc2Cl)c1C(=O)NC[C@](O)(c1ccccc1)C(F)(F)F. The molecule has 1 atom stereocenters. The van der Waals surface area contributed by atoms with E-state index in [2.05, 4.69) is 10.5 Å². The molecule has 2 N–H and O–H groups in total. The number of amides is 1. The van der Waals surface area contributed by atoms with Crippen molar-refractivity contribution in [3.05, 3.63) is 76.5 Å². The lowest BCUT2D eigenvalue weighted by Crippen LogP contribution is -2.51. The van der Waals surface area contributed by atoms with Gasteiger partial charge in [-0.25, -0.2) is 0 Å². The van der Waals surface area contributed by atoms with E-state index in [1.165, 1.54) is 25.1 Å². The number of halogens is 4. The molecule has 5 nitrogen and oxygen atoms in total. The molecule has 3 aromatic rings. The summed E-state index contributed by atoms with van der Waals surface area (Å²) in [4.78, 5) is 12.7. The standard InChI is InChI=1S/C20H16ClF3N2O3/c1-12-16(17(26-29-12)14-9-5-6-10-15(14)21)18(27)25-11-19(28,20(22,23)24)13-7-3-2-4-8-13/h2-10,28H,11H2,1H3,(H,25,27)/t19-/m0/s1. The monoisotopic (exact) mass is 424 g/mol. The Morgan fingerprint density at radius 1 is 1.14 bits per heavy atom. The van der Waals surface area contributed by atoms with E-state index in [0.717, 1.165) is 12.1 Å². The highest BCUT2D eigenvalue weighted by atomic mass is 35.5. The Labute approximate surface area is 169 Å². The van der Waals surface area contributed by atoms with E-state index in [-0.39, 0.29) is 22.6 Å². The van der Waals surface area contributed by atoms with Crippen LogP contribution in [-0.2, 0) is 5.60 Å². The zero-order valence-electron chi connectivity index (χ0n) is 15.1. The Kier molecular flexibility index (Phi) is 5.68. The topological polar surface area (TPSA) is 75.4 Å². The molecule has 2 aromatic carbocycles. The van der Waals surface area contributed by atoms with Gasteiger partial charge in [-0.3, -0.25) is 4.79 Å². The number of carbonyl (C=O) groups is 1. The van der Waals surface area contributed by atoms with Crippen molar-refractivity contribution < 1.29 is 27.6 Å². The molecular formula is C20H16ClF3N2O3. The predicted molar refractivity (Wildman–Crippen MR) is 100 cm³/mol. The molecule has 152 valence electrons. The molecule has 0 saturated carbocycles. The summed E-state index contributed by atoms with van der Waals surface area (Å²) in [5.74, 6) is -0.773. The zero-order valence-corrected chi connectivity index (χ0v) is 15.9. The Bertz CT molecular complexity index is 1020. The number of hydrogen-bond acceptors (Lipinski definition) is 4. The minimum Gasteiger partial charge on any atom is -0.375 e. The van der Waals surface area contributed by atoms with Crippen molar-refractivity contribution >= 4 is 17.5 Å². The van der Waals surface area contributed by atoms with E-state index < -0.39 is 24.2 Å². The Morgan fingerprint density at radius 2 is 1.76 bits per heavy atom. The van der Waals surface area contributed by atoms with Crippen LogP contribution in [0.4, 0.5) is 13.2 Å². The van der Waals surface area contributed by atoms with Gasteiger partial charge in [-0.2, -0.15) is 13.2 Å². The number of carbonyl (C=O) groups excluding carboxylic acids is 1. The maximum absolute atomic E-state index is 13.6. The average Bonchev–Trinajstić information content (AvgIpc) is 3.07. The highest BCUT2D eigenvalue weighted by molar-refractivity contribution is 6.33. The second-order valence-electron chi connectivity index (χ2n) is 6.35. The van der Waals surface area contributed by atoms with Gasteiger partial charge >= 0.3 is 6.18 Å². The number of aryl methyl sites for hydroxylation is 1. The molecule has 0 aliphatic heterocycles. The first-order chi connectivity index (χ1) is 13.6. The van der Waals surface area contributed by atoms with Gasteiger partial charge in [0.25, 0.3) is 5.91 Å². The molecule has 0 aliphatic rings. The number of nitrogens with zero attached hydrogens (tertiary/aromatic N) is 1. The molecule has 29 heavy (non-hydrogen) atoms. The summed E-state index contributed by atoms with van der Waals surface area (Å²) in [6, 6.07) is 13.1. The second kappa shape index (κ2) is 7.88. The summed E-state index contributed by atoms with van der Waals surface area (Å²) in [6.07, 6.45) is -5.02. The summed E-state index contributed by atoms with van der Waals surface area (Å²) in [7, 11) is 0. The highest BCUT2D eigenvalue weighted by Crippen LogP contribution is 2.38. The summed E-state index contributed by atoms with van der Waals surface area (Å²) in [5.41, 5.74) is -3.22. The molecule has 1 amide bonds. The van der Waals surface area contributed by atoms with Crippen molar-refractivity contribution in [3.8, 4) is 11.3 Å². The van der Waals surface area contributed by atoms with E-state index in [9.17, 15) is 23.1 Å². The van der Waals surface area contributed by atoms with Gasteiger partial charge in [-0.1, -0.05) is 65.3 Å². The molecular weight excluding hydrogens is 409 g/mol. The molecule has 9 heteroatoms. The maximum atomic E-state index is 13.6. The van der Waals surface area contributed by atoms with Crippen molar-refractivity contribution in [3.63, 3.8) is 0 Å². The Morgan fingerprint density at radius 3 is 2.38 bits per heavy atom. The molecule has 1 aromatic heterocycles. The molecule has 3 rings (SSSR count). The van der Waals surface area contributed by atoms with Gasteiger partial charge in [-0.15, -0.1) is 0 Å². The Hall–Kier alpha value is -2.84. The molecule has 0 unspecified atom stereocenters. The zero-order chi connectivity index (χ0) is 21.2. The van der Waals surface area contributed by atoms with Crippen molar-refractivity contribution in [1.82, 2.24) is 10.5 Å². The van der Waals surface area contributed by atoms with Crippen LogP contribution >= 0.6 is 11.6 Å². The predicted octanol–water partition coefficient (Wildman–Crippen LogP) is 4.48. The number of benzene rings is 2. The lowest BCUT2D eigenvalue weighted by atomic mass is 9.92. The van der Waals surface area contributed by atoms with Gasteiger partial charge < -0.3 is 14.9 Å². The van der Waals surface area contributed by atoms with Gasteiger partial charge in [0.2, 0.25) is 5.60 Å². The van der Waals surface area contributed by atoms with Crippen molar-refractivity contribution in [2.24, 2.45) is 0 Å². The summed E-state index contributed by atoms with van der Waals surface area (Å²) < 4.78 is 45.9. The number of hydrogen-bond donors (Lipinski definition) is 2. The molecule has 0 bridgehead atoms. The van der Waals surface area contributed by atoms with Gasteiger partial charge in [0.05, 0.1) is 11.6 Å². The lowest BCUT2D eigenvalue weighted by molar-refractivity contribution is -0.263. The van der Waals surface area contributed by atoms with E-state index in [0.29, 0.717) is 10.6 Å². The minimum absolute atomic E-state index is 0.0595. The van der Waals surface area contributed by atoms with Crippen LogP contribution in [0.5, 0.6) is 0 Å². The second-order valence-corrected chi connectivity index (χ2v) is 6.76. The molecule has 0 radical (unpaired) electrons. The molecule has 0 spiro atoms. The van der Waals surface area contributed by atoms with Crippen LogP contribution in [0.15, 0.2) is 59.1 Å². The van der Waals surface area contributed by atoms with Gasteiger partial charge in [0.15, 0.2) is 0 Å². The van der Waals surface area contributed by atoms with E-state index >= 15 is 0 Å². The maximum Gasteiger partial charge on any atom is 0.423 e. The molecule has 0 saturated heterocycles. The Balaban J connectivity index is 1.91. The van der Waals surface area contributed by atoms with Gasteiger partial charge in [-0.05, 0) is 18.6 Å². The van der Waals surface area contributed by atoms with Crippen LogP contribution < -0.4 is 5.32 Å². The summed E-state index contributed by atoms with van der Waals surface area (Å²) in [6.45, 7) is 0.362. The smallest absolute Gasteiger partial charge is 0.375 e. The normalized spacial score (nSPS) is 13.7. The lowest BCUT2D eigenvalue weighted by Gasteiger charge is -2.31. The fourth-order valence-electron chi connectivity index (χ4n) is 2.85. The number of aliphatic hydroxyl groups is 1. The van der Waals surface area contributed by atoms with Crippen molar-refractivity contribution in [2.75, 3.05) is 6.54 Å². The molecule has 0 aliphatic carbocycles. The largest absolute Gasteiger partial charge is 0.423 e. The first-order valence-electron chi connectivity index (χ1n) is 8.49. The minimum atomic E-state index is -5.02. The fourth-order valence-corrected chi connectivity index (χ4v) is 3.08. The molecule has 0 fully saturated rings. The van der Waals surface area contributed by atoms with Crippen LogP contribution in [0.2, 0.25) is 5.02 Å². The van der Waals surface area contributed by atoms with Crippen LogP contribution in [0.25, 0.3) is 11.3 Å². The van der Waals surface area contributed by atoms with Crippen molar-refractivity contribution in [2.45, 2.75) is 18.7 Å². The summed E-state index contributed by atoms with van der Waals surface area (Å²) >= 11 is 6.13. The molecule has 1 heterocycles. The van der Waals surface area contributed by atoms with Crippen LogP contribution in [-0.4, -0.2) is 28.9 Å². The van der Waals surface area contributed by atoms with Crippen LogP contribution in [0.1, 0.15) is 21.7 Å². The van der Waals surface area contributed by atoms with Gasteiger partial charge in [0.1, 0.15) is 17.0 Å². The van der Waals surface area contributed by atoms with E-state index in [1.807, 2.05) is 0 Å². The average molecular weight is 425 g/mol. The number of alkyl halides is 3. The summed E-state index contributed by atoms with van der Waals surface area (Å²) in [5, 5.41) is 16.6. The fraction of sp³-hybridized carbons (Fsp3) is 0.200. The first-order valence-corrected chi connectivity index (χ1v) is 8.87. The number of nitrogens with one attached hydrogen (secondary N) is 1. The van der Waals surface area contributed by atoms with E-state index in [4.69, 9.17) is 16.1 Å². The van der Waals surface area contributed by atoms with Gasteiger partial charge in [0, 0.05) is 5.56 Å². The third kappa shape index (κ3) is 3.99. The van der Waals surface area contributed by atoms with Crippen molar-refractivity contribution in [1.29, 1.82) is 0 Å². The van der Waals surface area contributed by atoms with Crippen LogP contribution in [0, 0.1) is 6.92 Å². The number of aromatic nitrogens is 1. The third-order valence-electron chi connectivity index (χ3n) is 4.44.